The molecule has 0 aliphatic rings. The second kappa shape index (κ2) is 18.9. The monoisotopic (exact) mass is 581 g/mol. The maximum absolute atomic E-state index is 12.5. The van der Waals surface area contributed by atoms with E-state index < -0.39 is 30.4 Å². The minimum atomic E-state index is -1.06. The van der Waals surface area contributed by atoms with Crippen molar-refractivity contribution in [3.05, 3.63) is 23.8 Å². The number of carbonyl (C=O) groups is 4. The fourth-order valence-electron chi connectivity index (χ4n) is 3.71. The van der Waals surface area contributed by atoms with Gasteiger partial charge in [0.05, 0.1) is 0 Å². The molecule has 0 spiro atoms. The maximum Gasteiger partial charge on any atom is 0.514 e. The highest BCUT2D eigenvalue weighted by molar-refractivity contribution is 5.76. The van der Waals surface area contributed by atoms with E-state index in [1.54, 1.807) is 26.8 Å². The van der Waals surface area contributed by atoms with Crippen molar-refractivity contribution in [3.63, 3.8) is 0 Å². The van der Waals surface area contributed by atoms with Crippen molar-refractivity contribution in [3.8, 4) is 11.5 Å². The van der Waals surface area contributed by atoms with E-state index in [4.69, 9.17) is 34.2 Å². The molecule has 0 aromatic heterocycles. The largest absolute Gasteiger partial charge is 0.514 e. The highest BCUT2D eigenvalue weighted by Crippen LogP contribution is 2.30. The number of nitrogens with two attached hydrogens (primary N) is 1. The van der Waals surface area contributed by atoms with Crippen molar-refractivity contribution < 1.29 is 47.6 Å². The summed E-state index contributed by atoms with van der Waals surface area (Å²) in [7, 11) is 0. The van der Waals surface area contributed by atoms with Gasteiger partial charge in [0, 0.05) is 6.42 Å². The van der Waals surface area contributed by atoms with Gasteiger partial charge in [-0.2, -0.15) is 0 Å². The van der Waals surface area contributed by atoms with Crippen molar-refractivity contribution in [1.29, 1.82) is 0 Å². The first-order valence-electron chi connectivity index (χ1n) is 14.4. The number of hydrogen-bond acceptors (Lipinski definition) is 11. The lowest BCUT2D eigenvalue weighted by molar-refractivity contribution is -0.159. The van der Waals surface area contributed by atoms with Crippen molar-refractivity contribution in [2.75, 3.05) is 6.61 Å². The first kappa shape index (κ1) is 35.7. The van der Waals surface area contributed by atoms with Gasteiger partial charge < -0.3 is 34.2 Å². The van der Waals surface area contributed by atoms with E-state index in [0.717, 1.165) is 19.3 Å². The Hall–Kier alpha value is -3.34. The van der Waals surface area contributed by atoms with E-state index in [2.05, 4.69) is 0 Å². The number of benzene rings is 1. The van der Waals surface area contributed by atoms with Crippen LogP contribution in [-0.4, -0.2) is 55.2 Å². The highest BCUT2D eigenvalue weighted by atomic mass is 16.7. The van der Waals surface area contributed by atoms with E-state index >= 15 is 0 Å². The van der Waals surface area contributed by atoms with Crippen LogP contribution in [0.25, 0.3) is 0 Å². The van der Waals surface area contributed by atoms with Crippen molar-refractivity contribution in [2.24, 2.45) is 11.7 Å². The van der Waals surface area contributed by atoms with Crippen LogP contribution in [0.5, 0.6) is 11.5 Å². The van der Waals surface area contributed by atoms with E-state index in [1.165, 1.54) is 12.1 Å². The predicted octanol–water partition coefficient (Wildman–Crippen LogP) is 5.88. The summed E-state index contributed by atoms with van der Waals surface area (Å²) in [6.45, 7) is 12.8. The van der Waals surface area contributed by atoms with Gasteiger partial charge in [-0.3, -0.25) is 9.59 Å². The van der Waals surface area contributed by atoms with Crippen LogP contribution in [0.2, 0.25) is 0 Å². The molecule has 0 radical (unpaired) electrons. The fraction of sp³-hybridized carbons (Fsp3) is 0.667. The second-order valence-electron chi connectivity index (χ2n) is 10.4. The molecule has 0 aliphatic carbocycles. The van der Waals surface area contributed by atoms with Gasteiger partial charge >= 0.3 is 24.2 Å². The van der Waals surface area contributed by atoms with Gasteiger partial charge in [0.25, 0.3) is 0 Å². The Kier molecular flexibility index (Phi) is 16.5. The van der Waals surface area contributed by atoms with Gasteiger partial charge in [0.15, 0.2) is 11.5 Å². The molecule has 0 fully saturated rings. The summed E-state index contributed by atoms with van der Waals surface area (Å²) in [5.41, 5.74) is 6.56. The minimum Gasteiger partial charge on any atom is -0.461 e. The normalized spacial score (nSPS) is 14.5. The molecule has 232 valence electrons. The zero-order valence-corrected chi connectivity index (χ0v) is 25.4. The van der Waals surface area contributed by atoms with Crippen LogP contribution in [0.15, 0.2) is 18.2 Å². The zero-order chi connectivity index (χ0) is 30.9. The fourth-order valence-corrected chi connectivity index (χ4v) is 3.71. The summed E-state index contributed by atoms with van der Waals surface area (Å²) in [6.07, 6.45) is 0.837. The highest BCUT2D eigenvalue weighted by Gasteiger charge is 2.22. The molecule has 0 heterocycles. The van der Waals surface area contributed by atoms with E-state index in [-0.39, 0.29) is 48.6 Å². The lowest BCUT2D eigenvalue weighted by Gasteiger charge is -2.18. The van der Waals surface area contributed by atoms with Crippen LogP contribution in [0.3, 0.4) is 0 Å². The van der Waals surface area contributed by atoms with Crippen molar-refractivity contribution >= 4 is 24.2 Å². The Bertz CT molecular complexity index is 982. The molecule has 1 rings (SSSR count). The van der Waals surface area contributed by atoms with Gasteiger partial charge in [-0.05, 0) is 63.6 Å². The van der Waals surface area contributed by atoms with Crippen LogP contribution >= 0.6 is 0 Å². The molecule has 0 saturated heterocycles. The third kappa shape index (κ3) is 14.7. The molecule has 0 saturated carbocycles. The Labute approximate surface area is 243 Å². The molecule has 1 aromatic carbocycles. The summed E-state index contributed by atoms with van der Waals surface area (Å²) in [4.78, 5) is 49.1. The van der Waals surface area contributed by atoms with E-state index in [0.29, 0.717) is 24.8 Å². The van der Waals surface area contributed by atoms with Gasteiger partial charge in [0.1, 0.15) is 31.0 Å². The summed E-state index contributed by atoms with van der Waals surface area (Å²) in [5.74, 6) is -1.01. The van der Waals surface area contributed by atoms with Crippen LogP contribution in [0, 0.1) is 5.92 Å². The average Bonchev–Trinajstić information content (AvgIpc) is 2.88. The third-order valence-corrected chi connectivity index (χ3v) is 6.14. The van der Waals surface area contributed by atoms with Crippen LogP contribution in [0.1, 0.15) is 92.6 Å². The quantitative estimate of drug-likeness (QED) is 0.133. The molecule has 41 heavy (non-hydrogen) atoms. The summed E-state index contributed by atoms with van der Waals surface area (Å²) >= 11 is 0. The van der Waals surface area contributed by atoms with Gasteiger partial charge in [-0.1, -0.05) is 53.0 Å². The summed E-state index contributed by atoms with van der Waals surface area (Å²) in [5, 5.41) is 0. The molecular formula is C30H47NO10. The topological polar surface area (TPSA) is 150 Å². The van der Waals surface area contributed by atoms with Crippen LogP contribution in [-0.2, 0) is 35.0 Å². The molecular weight excluding hydrogens is 534 g/mol. The molecule has 5 atom stereocenters. The minimum absolute atomic E-state index is 0.0247. The van der Waals surface area contributed by atoms with Crippen molar-refractivity contribution in [2.45, 2.75) is 118 Å². The number of rotatable bonds is 17. The summed E-state index contributed by atoms with van der Waals surface area (Å²) in [6, 6.07) is 3.35. The molecule has 1 aromatic rings. The lowest BCUT2D eigenvalue weighted by atomic mass is 10.1. The number of ether oxygens (including phenoxy) is 6. The van der Waals surface area contributed by atoms with Crippen LogP contribution < -0.4 is 15.2 Å². The molecule has 3 unspecified atom stereocenters. The van der Waals surface area contributed by atoms with Gasteiger partial charge in [-0.15, -0.1) is 0 Å². The Morgan fingerprint density at radius 2 is 1.34 bits per heavy atom. The van der Waals surface area contributed by atoms with Gasteiger partial charge in [-0.25, -0.2) is 9.59 Å². The molecule has 2 N–H and O–H groups in total. The maximum atomic E-state index is 12.5. The first-order valence-corrected chi connectivity index (χ1v) is 14.4. The first-order chi connectivity index (χ1) is 19.4. The SMILES string of the molecule is CCCC(C)OC(=O)Oc1ccc(C[C@H](N)C(=O)OC[C@H](C)OC(=O)CC(C)CC)cc1OC(=O)OC(C)CCC. The van der Waals surface area contributed by atoms with Gasteiger partial charge in [0.2, 0.25) is 0 Å². The van der Waals surface area contributed by atoms with E-state index in [9.17, 15) is 19.2 Å². The lowest BCUT2D eigenvalue weighted by Crippen LogP contribution is -2.36. The third-order valence-electron chi connectivity index (χ3n) is 6.14. The molecule has 11 nitrogen and oxygen atoms in total. The molecule has 0 bridgehead atoms. The smallest absolute Gasteiger partial charge is 0.461 e. The predicted molar refractivity (Wildman–Crippen MR) is 152 cm³/mol. The van der Waals surface area contributed by atoms with E-state index in [1.807, 2.05) is 27.7 Å². The average molecular weight is 582 g/mol. The molecule has 0 amide bonds. The van der Waals surface area contributed by atoms with Crippen molar-refractivity contribution in [1.82, 2.24) is 0 Å². The second-order valence-corrected chi connectivity index (χ2v) is 10.4. The zero-order valence-electron chi connectivity index (χ0n) is 25.4. The molecule has 11 heteroatoms. The summed E-state index contributed by atoms with van der Waals surface area (Å²) < 4.78 is 31.6. The Balaban J connectivity index is 2.89. The number of carbonyl (C=O) groups excluding carboxylic acids is 4. The van der Waals surface area contributed by atoms with Crippen LogP contribution in [0.4, 0.5) is 9.59 Å². The Morgan fingerprint density at radius 3 is 1.88 bits per heavy atom. The molecule has 0 aliphatic heterocycles. The number of esters is 2. The standard InChI is InChI=1S/C30H47NO10/c1-8-11-20(5)38-29(34)40-25-14-13-23(17-26(25)41-30(35)39-21(6)12-9-2)16-24(31)28(33)36-18-22(7)37-27(32)15-19(4)10-3/h13-14,17,19-22,24H,8-12,15-16,18,31H2,1-7H3/t19?,20?,21?,22-,24-/m0/s1. The number of hydrogen-bond donors (Lipinski definition) is 1. The Morgan fingerprint density at radius 1 is 0.780 bits per heavy atom.